The molecule has 0 fully saturated rings. The molecule has 0 aliphatic heterocycles. The second kappa shape index (κ2) is 6.59. The molecule has 0 spiro atoms. The largest absolute Gasteiger partial charge is 0.273 e. The summed E-state index contributed by atoms with van der Waals surface area (Å²) in [5.41, 5.74) is 0.369. The van der Waals surface area contributed by atoms with Crippen LogP contribution in [0.4, 0.5) is 0 Å². The van der Waals surface area contributed by atoms with E-state index in [-0.39, 0.29) is 9.62 Å². The van der Waals surface area contributed by atoms with Crippen molar-refractivity contribution in [3.05, 3.63) is 47.4 Å². The monoisotopic (exact) mass is 351 g/mol. The lowest BCUT2D eigenvalue weighted by molar-refractivity contribution is -0.114. The molecule has 2 aromatic rings. The molecule has 0 radical (unpaired) electrons. The van der Waals surface area contributed by atoms with Crippen LogP contribution < -0.4 is 4.72 Å². The number of carbonyl (C=O) groups is 1. The van der Waals surface area contributed by atoms with Gasteiger partial charge in [-0.25, -0.2) is 23.1 Å². The Morgan fingerprint density at radius 1 is 1.26 bits per heavy atom. The van der Waals surface area contributed by atoms with E-state index in [9.17, 15) is 13.2 Å². The Bertz CT molecular complexity index is 819. The minimum atomic E-state index is -3.87. The topological polar surface area (TPSA) is 89.0 Å². The molecule has 6 nitrogen and oxygen atoms in total. The summed E-state index contributed by atoms with van der Waals surface area (Å²) in [6.45, 7) is 5.99. The van der Waals surface area contributed by atoms with Crippen LogP contribution in [0, 0.1) is 0 Å². The molecule has 0 aliphatic rings. The highest BCUT2D eigenvalue weighted by Crippen LogP contribution is 2.31. The standard InChI is InChI=1S/C15H17N3O3S2/c1-15(2,3)12-5-7-14(22-12)23(20,21)18-13(19)6-4-11-8-9-16-10-17-11/h4-10H,1-3H3,(H,18,19)/b6-4+. The van der Waals surface area contributed by atoms with Crippen molar-refractivity contribution in [1.82, 2.24) is 14.7 Å². The zero-order valence-electron chi connectivity index (χ0n) is 13.0. The van der Waals surface area contributed by atoms with E-state index in [1.165, 1.54) is 24.7 Å². The van der Waals surface area contributed by atoms with E-state index in [0.717, 1.165) is 22.3 Å². The van der Waals surface area contributed by atoms with Gasteiger partial charge in [-0.1, -0.05) is 20.8 Å². The van der Waals surface area contributed by atoms with Crippen molar-refractivity contribution in [3.8, 4) is 0 Å². The van der Waals surface area contributed by atoms with Crippen molar-refractivity contribution in [3.63, 3.8) is 0 Å². The molecule has 0 unspecified atom stereocenters. The van der Waals surface area contributed by atoms with E-state index in [4.69, 9.17) is 0 Å². The first kappa shape index (κ1) is 17.3. The molecule has 0 aromatic carbocycles. The number of nitrogens with zero attached hydrogens (tertiary/aromatic N) is 2. The van der Waals surface area contributed by atoms with Crippen molar-refractivity contribution in [2.24, 2.45) is 0 Å². The third kappa shape index (κ3) is 4.70. The molecule has 0 saturated carbocycles. The summed E-state index contributed by atoms with van der Waals surface area (Å²) in [5, 5.41) is 0. The van der Waals surface area contributed by atoms with Gasteiger partial charge in [-0.2, -0.15) is 0 Å². The number of carbonyl (C=O) groups excluding carboxylic acids is 1. The van der Waals surface area contributed by atoms with Gasteiger partial charge in [0.25, 0.3) is 15.9 Å². The maximum Gasteiger partial charge on any atom is 0.273 e. The molecule has 1 amide bonds. The Labute approximate surface area is 139 Å². The van der Waals surface area contributed by atoms with Crippen molar-refractivity contribution >= 4 is 33.3 Å². The van der Waals surface area contributed by atoms with E-state index in [2.05, 4.69) is 9.97 Å². The van der Waals surface area contributed by atoms with Crippen molar-refractivity contribution < 1.29 is 13.2 Å². The van der Waals surface area contributed by atoms with Gasteiger partial charge in [0.05, 0.1) is 5.69 Å². The van der Waals surface area contributed by atoms with Crippen LogP contribution in [0.1, 0.15) is 31.3 Å². The molecule has 1 N–H and O–H groups in total. The molecular weight excluding hydrogens is 334 g/mol. The smallest absolute Gasteiger partial charge is 0.269 e. The molecule has 23 heavy (non-hydrogen) atoms. The fraction of sp³-hybridized carbons (Fsp3) is 0.267. The van der Waals surface area contributed by atoms with Gasteiger partial charge >= 0.3 is 0 Å². The molecule has 8 heteroatoms. The summed E-state index contributed by atoms with van der Waals surface area (Å²) in [7, 11) is -3.87. The molecular formula is C15H17N3O3S2. The van der Waals surface area contributed by atoms with E-state index in [1.54, 1.807) is 12.1 Å². The molecule has 2 aromatic heterocycles. The summed E-state index contributed by atoms with van der Waals surface area (Å²) in [6, 6.07) is 4.88. The lowest BCUT2D eigenvalue weighted by atomic mass is 9.95. The fourth-order valence-electron chi connectivity index (χ4n) is 1.64. The lowest BCUT2D eigenvalue weighted by Gasteiger charge is -2.15. The Balaban J connectivity index is 2.10. The maximum atomic E-state index is 12.2. The van der Waals surface area contributed by atoms with Gasteiger partial charge in [-0.05, 0) is 29.7 Å². The second-order valence-corrected chi connectivity index (χ2v) is 8.80. The van der Waals surface area contributed by atoms with Crippen LogP contribution in [0.3, 0.4) is 0 Å². The second-order valence-electron chi connectivity index (χ2n) is 5.81. The molecule has 0 saturated heterocycles. The fourth-order valence-corrected chi connectivity index (χ4v) is 3.95. The highest BCUT2D eigenvalue weighted by atomic mass is 32.2. The molecule has 122 valence electrons. The zero-order valence-corrected chi connectivity index (χ0v) is 14.6. The van der Waals surface area contributed by atoms with Gasteiger partial charge in [0, 0.05) is 17.2 Å². The van der Waals surface area contributed by atoms with Gasteiger partial charge in [0.2, 0.25) is 0 Å². The molecule has 0 bridgehead atoms. The average molecular weight is 351 g/mol. The van der Waals surface area contributed by atoms with Gasteiger partial charge < -0.3 is 0 Å². The number of hydrogen-bond acceptors (Lipinski definition) is 6. The number of rotatable bonds is 4. The Hall–Kier alpha value is -2.06. The summed E-state index contributed by atoms with van der Waals surface area (Å²) >= 11 is 1.16. The quantitative estimate of drug-likeness (QED) is 0.854. The first-order valence-corrected chi connectivity index (χ1v) is 9.10. The summed E-state index contributed by atoms with van der Waals surface area (Å²) in [4.78, 5) is 20.4. The van der Waals surface area contributed by atoms with Gasteiger partial charge in [-0.15, -0.1) is 11.3 Å². The predicted octanol–water partition coefficient (Wildman–Crippen LogP) is 2.35. The number of hydrogen-bond donors (Lipinski definition) is 1. The highest BCUT2D eigenvalue weighted by Gasteiger charge is 2.23. The Morgan fingerprint density at radius 3 is 2.57 bits per heavy atom. The van der Waals surface area contributed by atoms with Crippen molar-refractivity contribution in [1.29, 1.82) is 0 Å². The van der Waals surface area contributed by atoms with Crippen LogP contribution in [0.15, 0.2) is 41.0 Å². The van der Waals surface area contributed by atoms with Crippen LogP contribution >= 0.6 is 11.3 Å². The van der Waals surface area contributed by atoms with Crippen LogP contribution in [0.25, 0.3) is 6.08 Å². The third-order valence-electron chi connectivity index (χ3n) is 2.83. The van der Waals surface area contributed by atoms with E-state index in [0.29, 0.717) is 5.69 Å². The maximum absolute atomic E-state index is 12.2. The van der Waals surface area contributed by atoms with Crippen molar-refractivity contribution in [2.75, 3.05) is 0 Å². The SMILES string of the molecule is CC(C)(C)c1ccc(S(=O)(=O)NC(=O)/C=C/c2ccncn2)s1. The van der Waals surface area contributed by atoms with Crippen LogP contribution in [-0.2, 0) is 20.2 Å². The van der Waals surface area contributed by atoms with Gasteiger partial charge in [0.1, 0.15) is 10.5 Å². The van der Waals surface area contributed by atoms with Crippen LogP contribution in [-0.4, -0.2) is 24.3 Å². The van der Waals surface area contributed by atoms with Gasteiger partial charge in [-0.3, -0.25) is 4.79 Å². The Morgan fingerprint density at radius 2 is 2.00 bits per heavy atom. The highest BCUT2D eigenvalue weighted by molar-refractivity contribution is 7.92. The lowest BCUT2D eigenvalue weighted by Crippen LogP contribution is -2.28. The first-order valence-electron chi connectivity index (χ1n) is 6.80. The van der Waals surface area contributed by atoms with Crippen LogP contribution in [0.2, 0.25) is 0 Å². The predicted molar refractivity (Wildman–Crippen MR) is 89.4 cm³/mol. The van der Waals surface area contributed by atoms with Gasteiger partial charge in [0.15, 0.2) is 0 Å². The van der Waals surface area contributed by atoms with E-state index >= 15 is 0 Å². The van der Waals surface area contributed by atoms with Crippen LogP contribution in [0.5, 0.6) is 0 Å². The molecule has 0 aliphatic carbocycles. The summed E-state index contributed by atoms with van der Waals surface area (Å²) in [6.07, 6.45) is 5.41. The zero-order chi connectivity index (χ0) is 17.1. The third-order valence-corrected chi connectivity index (χ3v) is 6.18. The summed E-state index contributed by atoms with van der Waals surface area (Å²) < 4.78 is 26.6. The van der Waals surface area contributed by atoms with E-state index in [1.807, 2.05) is 25.5 Å². The van der Waals surface area contributed by atoms with E-state index < -0.39 is 15.9 Å². The van der Waals surface area contributed by atoms with Crippen molar-refractivity contribution in [2.45, 2.75) is 30.4 Å². The average Bonchev–Trinajstić information content (AvgIpc) is 2.96. The normalized spacial score (nSPS) is 12.5. The number of nitrogens with one attached hydrogen (secondary N) is 1. The minimum absolute atomic E-state index is 0.117. The number of sulfonamides is 1. The number of amides is 1. The molecule has 2 rings (SSSR count). The molecule has 2 heterocycles. The molecule has 0 atom stereocenters. The minimum Gasteiger partial charge on any atom is -0.269 e. The Kier molecular flexibility index (Phi) is 4.96. The summed E-state index contributed by atoms with van der Waals surface area (Å²) in [5.74, 6) is -0.727. The first-order chi connectivity index (χ1) is 10.7. The number of aromatic nitrogens is 2. The number of thiophene rings is 1.